The van der Waals surface area contributed by atoms with E-state index in [1.807, 2.05) is 60.7 Å². The minimum Gasteiger partial charge on any atom is -0.346 e. The van der Waals surface area contributed by atoms with Gasteiger partial charge in [-0.05, 0) is 0 Å². The quantitative estimate of drug-likeness (QED) is 0.296. The van der Waals surface area contributed by atoms with Crippen LogP contribution in [0.4, 0.5) is 0 Å². The standard InChI is InChI=1S/C9H7.C7H7Si.C5H5.C2H5.Zr/c1-2-5-9-7-3-6-8(9)4-1;8-6-7-4-2-1-3-5-7;1-2-4-5-3-1;1-2;/h1-7H;1-5H,8H2;1-5H;1H2,2H3;/q4*-1;+4. The van der Waals surface area contributed by atoms with Gasteiger partial charge in [0.15, 0.2) is 0 Å². The van der Waals surface area contributed by atoms with E-state index in [1.54, 1.807) is 16.8 Å². The summed E-state index contributed by atoms with van der Waals surface area (Å²) in [7, 11) is 1.73. The fourth-order valence-corrected chi connectivity index (χ4v) is 2.18. The second-order valence-corrected chi connectivity index (χ2v) is 5.01. The molecule has 4 rings (SSSR count). The Morgan fingerprint density at radius 3 is 1.84 bits per heavy atom. The Morgan fingerprint density at radius 2 is 1.36 bits per heavy atom. The maximum absolute atomic E-state index is 3.25. The predicted molar refractivity (Wildman–Crippen MR) is 112 cm³/mol. The van der Waals surface area contributed by atoms with Crippen LogP contribution in [-0.4, -0.2) is 15.5 Å². The van der Waals surface area contributed by atoms with Crippen LogP contribution in [0.5, 0.6) is 0 Å². The smallest absolute Gasteiger partial charge is 0.346 e. The Kier molecular flexibility index (Phi) is 14.8. The largest absolute Gasteiger partial charge is 4.00 e. The number of hydrogen-bond acceptors (Lipinski definition) is 0. The number of fused-ring (bicyclic) bond motifs is 1. The van der Waals surface area contributed by atoms with Crippen LogP contribution in [-0.2, 0) is 26.2 Å². The van der Waals surface area contributed by atoms with Gasteiger partial charge in [-0.3, -0.25) is 0 Å². The topological polar surface area (TPSA) is 0 Å². The summed E-state index contributed by atoms with van der Waals surface area (Å²) in [5.74, 6) is 0. The Balaban J connectivity index is 0.000000333. The van der Waals surface area contributed by atoms with E-state index in [0.717, 1.165) is 0 Å². The van der Waals surface area contributed by atoms with Gasteiger partial charge in [0.05, 0.1) is 0 Å². The van der Waals surface area contributed by atoms with E-state index in [4.69, 9.17) is 0 Å². The summed E-state index contributed by atoms with van der Waals surface area (Å²) < 4.78 is 0. The third-order valence-corrected chi connectivity index (χ3v) is 3.49. The van der Waals surface area contributed by atoms with E-state index in [2.05, 4.69) is 55.1 Å². The molecule has 0 aliphatic rings. The molecule has 0 unspecified atom stereocenters. The van der Waals surface area contributed by atoms with E-state index in [9.17, 15) is 0 Å². The first kappa shape index (κ1) is 23.4. The molecule has 0 fully saturated rings. The molecular weight excluding hydrogens is 396 g/mol. The molecule has 4 aromatic carbocycles. The van der Waals surface area contributed by atoms with Gasteiger partial charge >= 0.3 is 26.2 Å². The molecule has 0 saturated heterocycles. The van der Waals surface area contributed by atoms with Crippen LogP contribution in [0.2, 0.25) is 0 Å². The van der Waals surface area contributed by atoms with Gasteiger partial charge in [-0.15, -0.1) is 41.8 Å². The second-order valence-electron chi connectivity index (χ2n) is 4.66. The van der Waals surface area contributed by atoms with Crippen LogP contribution >= 0.6 is 0 Å². The molecule has 0 saturated carbocycles. The molecule has 0 radical (unpaired) electrons. The number of hydrogen-bond donors (Lipinski definition) is 0. The molecule has 2 heteroatoms. The summed E-state index contributed by atoms with van der Waals surface area (Å²) in [5.41, 5.74) is 4.23. The number of rotatable bonds is 1. The van der Waals surface area contributed by atoms with Crippen molar-refractivity contribution in [2.45, 2.75) is 6.92 Å². The van der Waals surface area contributed by atoms with Crippen LogP contribution in [0.25, 0.3) is 10.8 Å². The maximum atomic E-state index is 3.25. The molecule has 0 N–H and O–H groups in total. The van der Waals surface area contributed by atoms with Crippen LogP contribution in [0.3, 0.4) is 0 Å². The molecule has 4 aromatic rings. The molecule has 25 heavy (non-hydrogen) atoms. The fourth-order valence-electron chi connectivity index (χ4n) is 1.95. The van der Waals surface area contributed by atoms with Crippen molar-refractivity contribution in [2.75, 3.05) is 0 Å². The molecule has 0 atom stereocenters. The van der Waals surface area contributed by atoms with Gasteiger partial charge in [0.25, 0.3) is 0 Å². The zero-order chi connectivity index (χ0) is 17.5. The monoisotopic (exact) mass is 418 g/mol. The Bertz CT molecular complexity index is 708. The summed E-state index contributed by atoms with van der Waals surface area (Å²) in [5, 5.41) is 2.66. The molecule has 0 aliphatic carbocycles. The van der Waals surface area contributed by atoms with E-state index >= 15 is 0 Å². The zero-order valence-corrected chi connectivity index (χ0v) is 18.6. The number of benzene rings is 2. The molecule has 0 heterocycles. The van der Waals surface area contributed by atoms with Gasteiger partial charge in [-0.2, -0.15) is 66.0 Å². The van der Waals surface area contributed by atoms with Crippen LogP contribution < -0.4 is 0 Å². The van der Waals surface area contributed by atoms with Gasteiger partial charge in [-0.25, -0.2) is 12.1 Å². The van der Waals surface area contributed by atoms with Crippen molar-refractivity contribution in [1.82, 2.24) is 0 Å². The third-order valence-electron chi connectivity index (χ3n) is 3.08. The minimum absolute atomic E-state index is 0. The molecule has 0 amide bonds. The SMILES string of the molecule is [CH2-]C.[SiH2]=[C-]c1ccccc1.[Zr+4].c1cc[cH-]c1.c1ccc2[cH-]ccc2c1. The summed E-state index contributed by atoms with van der Waals surface area (Å²) in [6.07, 6.45) is 0. The van der Waals surface area contributed by atoms with Crippen molar-refractivity contribution in [3.63, 3.8) is 0 Å². The van der Waals surface area contributed by atoms with Crippen LogP contribution in [0, 0.1) is 6.92 Å². The average molecular weight is 420 g/mol. The van der Waals surface area contributed by atoms with E-state index in [-0.39, 0.29) is 26.2 Å². The third kappa shape index (κ3) is 10.1. The van der Waals surface area contributed by atoms with Gasteiger partial charge in [-0.1, -0.05) is 22.0 Å². The van der Waals surface area contributed by atoms with E-state index in [0.29, 0.717) is 0 Å². The Hall–Kier alpha value is -1.63. The van der Waals surface area contributed by atoms with Crippen LogP contribution in [0.15, 0.2) is 103 Å². The van der Waals surface area contributed by atoms with Crippen molar-refractivity contribution in [3.05, 3.63) is 116 Å². The molecule has 0 aromatic heterocycles. The second kappa shape index (κ2) is 15.9. The molecule has 0 spiro atoms. The summed E-state index contributed by atoms with van der Waals surface area (Å²) in [6, 6.07) is 34.8. The fraction of sp³-hybridized carbons (Fsp3) is 0.0435. The summed E-state index contributed by atoms with van der Waals surface area (Å²) >= 11 is 0. The van der Waals surface area contributed by atoms with Gasteiger partial charge in [0.2, 0.25) is 0 Å². The predicted octanol–water partition coefficient (Wildman–Crippen LogP) is 5.15. The molecule has 0 aliphatic heterocycles. The average Bonchev–Trinajstić information content (AvgIpc) is 3.39. The van der Waals surface area contributed by atoms with Crippen molar-refractivity contribution < 1.29 is 26.2 Å². The van der Waals surface area contributed by atoms with Crippen molar-refractivity contribution in [1.29, 1.82) is 0 Å². The normalized spacial score (nSPS) is 8.24. The van der Waals surface area contributed by atoms with Gasteiger partial charge in [0.1, 0.15) is 0 Å². The Labute approximate surface area is 174 Å². The first-order chi connectivity index (χ1) is 11.9. The van der Waals surface area contributed by atoms with Crippen molar-refractivity contribution in [3.8, 4) is 0 Å². The van der Waals surface area contributed by atoms with Gasteiger partial charge < -0.3 is 6.92 Å². The first-order valence-electron chi connectivity index (χ1n) is 7.96. The molecule has 124 valence electrons. The van der Waals surface area contributed by atoms with Gasteiger partial charge in [0, 0.05) is 0 Å². The Morgan fingerprint density at radius 1 is 0.760 bits per heavy atom. The van der Waals surface area contributed by atoms with Crippen molar-refractivity contribution in [2.24, 2.45) is 0 Å². The minimum atomic E-state index is 0. The van der Waals surface area contributed by atoms with E-state index in [1.165, 1.54) is 16.3 Å². The zero-order valence-electron chi connectivity index (χ0n) is 14.7. The summed E-state index contributed by atoms with van der Waals surface area (Å²) in [6.45, 7) is 5.00. The molecule has 0 nitrogen and oxygen atoms in total. The molecule has 0 bridgehead atoms. The maximum Gasteiger partial charge on any atom is 4.00 e. The first-order valence-corrected chi connectivity index (χ1v) is 8.67. The van der Waals surface area contributed by atoms with Crippen molar-refractivity contribution >= 4 is 26.3 Å². The van der Waals surface area contributed by atoms with E-state index < -0.39 is 0 Å². The molecular formula is C23H24SiZr. The van der Waals surface area contributed by atoms with Crippen LogP contribution in [0.1, 0.15) is 12.5 Å². The summed E-state index contributed by atoms with van der Waals surface area (Å²) in [4.78, 5) is 0.